The number of rotatable bonds is 1. The first-order chi connectivity index (χ1) is 6.68. The minimum atomic E-state index is -0.310. The van der Waals surface area contributed by atoms with Crippen LogP contribution in [-0.4, -0.2) is 18.3 Å². The van der Waals surface area contributed by atoms with Gasteiger partial charge in [0.1, 0.15) is 18.2 Å². The molecule has 14 heavy (non-hydrogen) atoms. The van der Waals surface area contributed by atoms with Crippen LogP contribution in [0.1, 0.15) is 6.92 Å². The fourth-order valence-corrected chi connectivity index (χ4v) is 1.42. The molecule has 0 radical (unpaired) electrons. The lowest BCUT2D eigenvalue weighted by molar-refractivity contribution is -0.115. The van der Waals surface area contributed by atoms with Gasteiger partial charge < -0.3 is 0 Å². The van der Waals surface area contributed by atoms with Crippen molar-refractivity contribution in [3.63, 3.8) is 0 Å². The van der Waals surface area contributed by atoms with Crippen molar-refractivity contribution in [1.29, 1.82) is 0 Å². The molecule has 72 valence electrons. The molecule has 1 aromatic carbocycles. The zero-order chi connectivity index (χ0) is 10.1. The van der Waals surface area contributed by atoms with E-state index in [0.29, 0.717) is 11.5 Å². The Bertz CT molecular complexity index is 397. The van der Waals surface area contributed by atoms with Crippen molar-refractivity contribution in [2.24, 2.45) is 4.99 Å². The Kier molecular flexibility index (Phi) is 2.04. The van der Waals surface area contributed by atoms with E-state index in [2.05, 4.69) is 4.99 Å². The monoisotopic (exact) mass is 192 g/mol. The number of amides is 1. The Balaban J connectivity index is 2.35. The van der Waals surface area contributed by atoms with E-state index in [1.807, 2.05) is 0 Å². The molecule has 0 N–H and O–H groups in total. The van der Waals surface area contributed by atoms with Crippen molar-refractivity contribution in [3.05, 3.63) is 30.1 Å². The Morgan fingerprint density at radius 2 is 2.00 bits per heavy atom. The Morgan fingerprint density at radius 3 is 2.50 bits per heavy atom. The highest BCUT2D eigenvalue weighted by molar-refractivity contribution is 6.20. The molecule has 0 saturated heterocycles. The van der Waals surface area contributed by atoms with Gasteiger partial charge >= 0.3 is 0 Å². The van der Waals surface area contributed by atoms with Crippen LogP contribution in [0.15, 0.2) is 29.3 Å². The van der Waals surface area contributed by atoms with E-state index in [-0.39, 0.29) is 18.3 Å². The zero-order valence-electron chi connectivity index (χ0n) is 7.70. The van der Waals surface area contributed by atoms with E-state index in [1.165, 1.54) is 17.0 Å². The standard InChI is InChI=1S/C10H9FN2O/c1-7-12-6-10(14)13(7)9-4-2-8(11)3-5-9/h2-5H,6H2,1H3. The minimum absolute atomic E-state index is 0.0749. The first kappa shape index (κ1) is 8.87. The van der Waals surface area contributed by atoms with E-state index < -0.39 is 0 Å². The van der Waals surface area contributed by atoms with Gasteiger partial charge in [-0.25, -0.2) is 4.39 Å². The van der Waals surface area contributed by atoms with Gasteiger partial charge in [-0.15, -0.1) is 0 Å². The van der Waals surface area contributed by atoms with Crippen molar-refractivity contribution >= 4 is 17.4 Å². The second-order valence-corrected chi connectivity index (χ2v) is 3.07. The third-order valence-electron chi connectivity index (χ3n) is 2.10. The number of carbonyl (C=O) groups excluding carboxylic acids is 1. The molecule has 1 aliphatic heterocycles. The molecule has 0 aliphatic carbocycles. The molecule has 2 rings (SSSR count). The molecule has 0 atom stereocenters. The summed E-state index contributed by atoms with van der Waals surface area (Å²) in [6.45, 7) is 1.94. The van der Waals surface area contributed by atoms with Gasteiger partial charge in [-0.2, -0.15) is 0 Å². The summed E-state index contributed by atoms with van der Waals surface area (Å²) in [5.41, 5.74) is 0.662. The highest BCUT2D eigenvalue weighted by Crippen LogP contribution is 2.18. The number of amidine groups is 1. The molecule has 1 aliphatic rings. The van der Waals surface area contributed by atoms with E-state index in [9.17, 15) is 9.18 Å². The van der Waals surface area contributed by atoms with Crippen molar-refractivity contribution < 1.29 is 9.18 Å². The van der Waals surface area contributed by atoms with E-state index in [1.54, 1.807) is 19.1 Å². The van der Waals surface area contributed by atoms with Gasteiger partial charge in [-0.3, -0.25) is 14.7 Å². The van der Waals surface area contributed by atoms with Crippen LogP contribution in [0.2, 0.25) is 0 Å². The second-order valence-electron chi connectivity index (χ2n) is 3.07. The third kappa shape index (κ3) is 1.39. The number of anilines is 1. The van der Waals surface area contributed by atoms with Crippen LogP contribution < -0.4 is 4.90 Å². The van der Waals surface area contributed by atoms with Gasteiger partial charge in [0.05, 0.1) is 5.69 Å². The number of benzene rings is 1. The van der Waals surface area contributed by atoms with Crippen molar-refractivity contribution in [2.75, 3.05) is 11.4 Å². The van der Waals surface area contributed by atoms with Crippen LogP contribution in [0, 0.1) is 5.82 Å². The molecule has 1 aromatic rings. The predicted molar refractivity (Wildman–Crippen MR) is 51.9 cm³/mol. The van der Waals surface area contributed by atoms with Gasteiger partial charge in [0.2, 0.25) is 0 Å². The third-order valence-corrected chi connectivity index (χ3v) is 2.10. The fourth-order valence-electron chi connectivity index (χ4n) is 1.42. The van der Waals surface area contributed by atoms with E-state index >= 15 is 0 Å². The lowest BCUT2D eigenvalue weighted by Gasteiger charge is -2.15. The normalized spacial score (nSPS) is 16.0. The molecule has 1 heterocycles. The predicted octanol–water partition coefficient (Wildman–Crippen LogP) is 1.59. The average Bonchev–Trinajstić information content (AvgIpc) is 2.49. The highest BCUT2D eigenvalue weighted by atomic mass is 19.1. The summed E-state index contributed by atoms with van der Waals surface area (Å²) in [6, 6.07) is 5.79. The molecule has 3 nitrogen and oxygen atoms in total. The van der Waals surface area contributed by atoms with E-state index in [4.69, 9.17) is 0 Å². The summed E-state index contributed by atoms with van der Waals surface area (Å²) in [4.78, 5) is 16.9. The van der Waals surface area contributed by atoms with Crippen LogP contribution in [0.25, 0.3) is 0 Å². The van der Waals surface area contributed by atoms with Crippen molar-refractivity contribution in [1.82, 2.24) is 0 Å². The maximum Gasteiger partial charge on any atom is 0.254 e. The van der Waals surface area contributed by atoms with Gasteiger partial charge in [0.15, 0.2) is 0 Å². The number of hydrogen-bond donors (Lipinski definition) is 0. The lowest BCUT2D eigenvalue weighted by atomic mass is 10.3. The Hall–Kier alpha value is -1.71. The number of hydrogen-bond acceptors (Lipinski definition) is 2. The van der Waals surface area contributed by atoms with Crippen molar-refractivity contribution in [2.45, 2.75) is 6.92 Å². The average molecular weight is 192 g/mol. The molecule has 0 aromatic heterocycles. The van der Waals surface area contributed by atoms with Crippen molar-refractivity contribution in [3.8, 4) is 0 Å². The second kappa shape index (κ2) is 3.21. The first-order valence-electron chi connectivity index (χ1n) is 4.28. The lowest BCUT2D eigenvalue weighted by Crippen LogP contribution is -2.30. The largest absolute Gasteiger partial charge is 0.272 e. The van der Waals surface area contributed by atoms with Gasteiger partial charge in [0.25, 0.3) is 5.91 Å². The van der Waals surface area contributed by atoms with Gasteiger partial charge in [-0.1, -0.05) is 0 Å². The molecule has 1 amide bonds. The summed E-state index contributed by atoms with van der Waals surface area (Å²) >= 11 is 0. The maximum atomic E-state index is 12.6. The quantitative estimate of drug-likeness (QED) is 0.665. The summed E-state index contributed by atoms with van der Waals surface area (Å²) < 4.78 is 12.6. The number of aliphatic imine (C=N–C) groups is 1. The Morgan fingerprint density at radius 1 is 1.36 bits per heavy atom. The molecule has 0 fully saturated rings. The van der Waals surface area contributed by atoms with Crippen LogP contribution in [-0.2, 0) is 4.79 Å². The number of carbonyl (C=O) groups is 1. The first-order valence-corrected chi connectivity index (χ1v) is 4.28. The molecule has 4 heteroatoms. The SMILES string of the molecule is CC1=NCC(=O)N1c1ccc(F)cc1. The summed E-state index contributed by atoms with van der Waals surface area (Å²) in [7, 11) is 0. The summed E-state index contributed by atoms with van der Waals surface area (Å²) in [5, 5.41) is 0. The number of halogens is 1. The molecule has 0 bridgehead atoms. The molecular weight excluding hydrogens is 183 g/mol. The molecule has 0 spiro atoms. The summed E-state index contributed by atoms with van der Waals surface area (Å²) in [5.74, 6) is 0.269. The van der Waals surface area contributed by atoms with Gasteiger partial charge in [-0.05, 0) is 31.2 Å². The molecule has 0 unspecified atom stereocenters. The summed E-state index contributed by atoms with van der Waals surface area (Å²) in [6.07, 6.45) is 0. The molecular formula is C10H9FN2O. The van der Waals surface area contributed by atoms with Crippen LogP contribution in [0.4, 0.5) is 10.1 Å². The Labute approximate surface area is 80.9 Å². The van der Waals surface area contributed by atoms with Crippen LogP contribution in [0.3, 0.4) is 0 Å². The van der Waals surface area contributed by atoms with E-state index in [0.717, 1.165) is 0 Å². The van der Waals surface area contributed by atoms with Crippen LogP contribution >= 0.6 is 0 Å². The fraction of sp³-hybridized carbons (Fsp3) is 0.200. The molecule has 0 saturated carbocycles. The zero-order valence-corrected chi connectivity index (χ0v) is 7.70. The van der Waals surface area contributed by atoms with Crippen LogP contribution in [0.5, 0.6) is 0 Å². The van der Waals surface area contributed by atoms with Gasteiger partial charge in [0, 0.05) is 0 Å². The maximum absolute atomic E-state index is 12.6. The highest BCUT2D eigenvalue weighted by Gasteiger charge is 2.23. The minimum Gasteiger partial charge on any atom is -0.272 e. The number of nitrogens with zero attached hydrogens (tertiary/aromatic N) is 2. The topological polar surface area (TPSA) is 32.7 Å². The smallest absolute Gasteiger partial charge is 0.254 e.